The third-order valence-corrected chi connectivity index (χ3v) is 4.23. The fraction of sp³-hybridized carbons (Fsp3) is 0.316. The van der Waals surface area contributed by atoms with E-state index in [0.717, 1.165) is 11.1 Å². The molecule has 1 heterocycles. The molecule has 0 aliphatic carbocycles. The summed E-state index contributed by atoms with van der Waals surface area (Å²) in [5.74, 6) is -0.644. The molecule has 2 rings (SSSR count). The number of rotatable bonds is 5. The number of hydrogen-bond acceptors (Lipinski definition) is 3. The van der Waals surface area contributed by atoms with Gasteiger partial charge in [-0.05, 0) is 43.5 Å². The Morgan fingerprint density at radius 3 is 2.32 bits per heavy atom. The first-order valence-electron chi connectivity index (χ1n) is 8.08. The van der Waals surface area contributed by atoms with Crippen LogP contribution in [0.3, 0.4) is 0 Å². The molecular weight excluding hydrogens is 338 g/mol. The van der Waals surface area contributed by atoms with E-state index in [1.807, 2.05) is 39.8 Å². The first-order chi connectivity index (χ1) is 11.8. The van der Waals surface area contributed by atoms with Crippen LogP contribution >= 0.6 is 11.6 Å². The van der Waals surface area contributed by atoms with Gasteiger partial charge in [-0.2, -0.15) is 0 Å². The zero-order valence-electron chi connectivity index (χ0n) is 14.8. The van der Waals surface area contributed by atoms with E-state index in [1.54, 1.807) is 18.2 Å². The molecule has 1 aromatic carbocycles. The molecule has 0 radical (unpaired) electrons. The van der Waals surface area contributed by atoms with Crippen LogP contribution in [0.4, 0.5) is 5.69 Å². The Kier molecular flexibility index (Phi) is 6.15. The van der Waals surface area contributed by atoms with Crippen LogP contribution in [0, 0.1) is 19.8 Å². The number of nitrogens with zero attached hydrogens (tertiary/aromatic N) is 1. The van der Waals surface area contributed by atoms with Crippen LogP contribution in [-0.2, 0) is 4.79 Å². The van der Waals surface area contributed by atoms with Gasteiger partial charge in [-0.25, -0.2) is 4.98 Å². The van der Waals surface area contributed by atoms with Gasteiger partial charge >= 0.3 is 0 Å². The van der Waals surface area contributed by atoms with Gasteiger partial charge in [-0.15, -0.1) is 0 Å². The lowest BCUT2D eigenvalue weighted by Crippen LogP contribution is -2.47. The minimum Gasteiger partial charge on any atom is -0.340 e. The summed E-state index contributed by atoms with van der Waals surface area (Å²) in [5.41, 5.74) is 2.90. The first-order valence-corrected chi connectivity index (χ1v) is 8.46. The van der Waals surface area contributed by atoms with Gasteiger partial charge < -0.3 is 10.6 Å². The summed E-state index contributed by atoms with van der Waals surface area (Å²) >= 11 is 5.90. The molecule has 0 spiro atoms. The molecule has 6 heteroatoms. The van der Waals surface area contributed by atoms with E-state index in [2.05, 4.69) is 15.6 Å². The Balaban J connectivity index is 2.11. The highest BCUT2D eigenvalue weighted by Crippen LogP contribution is 2.17. The average Bonchev–Trinajstić information content (AvgIpc) is 2.56. The number of pyridine rings is 1. The molecule has 0 fully saturated rings. The predicted molar refractivity (Wildman–Crippen MR) is 99.9 cm³/mol. The number of anilines is 1. The van der Waals surface area contributed by atoms with Gasteiger partial charge in [0.2, 0.25) is 5.91 Å². The predicted octanol–water partition coefficient (Wildman–Crippen LogP) is 3.74. The summed E-state index contributed by atoms with van der Waals surface area (Å²) in [7, 11) is 0. The first kappa shape index (κ1) is 18.9. The monoisotopic (exact) mass is 359 g/mol. The number of amides is 2. The molecule has 0 saturated carbocycles. The van der Waals surface area contributed by atoms with Gasteiger partial charge in [-0.3, -0.25) is 9.59 Å². The van der Waals surface area contributed by atoms with Crippen LogP contribution in [0.1, 0.15) is 35.3 Å². The zero-order chi connectivity index (χ0) is 18.6. The third kappa shape index (κ3) is 5.03. The lowest BCUT2D eigenvalue weighted by Gasteiger charge is -2.22. The number of carbonyl (C=O) groups is 2. The number of nitrogens with one attached hydrogen (secondary N) is 2. The molecule has 5 nitrogen and oxygen atoms in total. The van der Waals surface area contributed by atoms with Crippen LogP contribution in [0.25, 0.3) is 0 Å². The number of carbonyl (C=O) groups excluding carboxylic acids is 2. The van der Waals surface area contributed by atoms with Crippen LogP contribution in [-0.4, -0.2) is 22.8 Å². The molecular formula is C19H22ClN3O2. The van der Waals surface area contributed by atoms with Crippen LogP contribution in [0.5, 0.6) is 0 Å². The molecule has 132 valence electrons. The molecule has 2 aromatic rings. The summed E-state index contributed by atoms with van der Waals surface area (Å²) < 4.78 is 0. The lowest BCUT2D eigenvalue weighted by atomic mass is 10.0. The van der Waals surface area contributed by atoms with Crippen molar-refractivity contribution >= 4 is 29.1 Å². The molecule has 0 saturated heterocycles. The summed E-state index contributed by atoms with van der Waals surface area (Å²) in [6.07, 6.45) is 1.49. The van der Waals surface area contributed by atoms with Crippen molar-refractivity contribution in [1.82, 2.24) is 10.3 Å². The standard InChI is InChI=1S/C19H22ClN3O2/c1-11(2)16(23-18(24)14-7-5-12(3)6-8-14)19(25)22-15-9-13(4)17(20)21-10-15/h5-11,16H,1-4H3,(H,22,25)(H,23,24). The second-order valence-electron chi connectivity index (χ2n) is 6.38. The molecule has 0 bridgehead atoms. The minimum atomic E-state index is -0.662. The number of halogens is 1. The van der Waals surface area contributed by atoms with Gasteiger partial charge in [0.15, 0.2) is 0 Å². The lowest BCUT2D eigenvalue weighted by molar-refractivity contribution is -0.118. The molecule has 0 aliphatic rings. The van der Waals surface area contributed by atoms with E-state index in [4.69, 9.17) is 11.6 Å². The minimum absolute atomic E-state index is 0.0734. The highest BCUT2D eigenvalue weighted by molar-refractivity contribution is 6.30. The largest absolute Gasteiger partial charge is 0.340 e. The molecule has 25 heavy (non-hydrogen) atoms. The molecule has 1 unspecified atom stereocenters. The molecule has 1 aromatic heterocycles. The van der Waals surface area contributed by atoms with Crippen molar-refractivity contribution < 1.29 is 9.59 Å². The maximum absolute atomic E-state index is 12.6. The summed E-state index contributed by atoms with van der Waals surface area (Å²) in [6.45, 7) is 7.52. The summed E-state index contributed by atoms with van der Waals surface area (Å²) in [4.78, 5) is 29.0. The van der Waals surface area contributed by atoms with Gasteiger partial charge in [0.25, 0.3) is 5.91 Å². The van der Waals surface area contributed by atoms with E-state index < -0.39 is 6.04 Å². The van der Waals surface area contributed by atoms with Crippen molar-refractivity contribution in [2.24, 2.45) is 5.92 Å². The Hall–Kier alpha value is -2.40. The van der Waals surface area contributed by atoms with Gasteiger partial charge in [-0.1, -0.05) is 43.1 Å². The second kappa shape index (κ2) is 8.12. The Labute approximate surface area is 152 Å². The summed E-state index contributed by atoms with van der Waals surface area (Å²) in [6, 6.07) is 8.29. The van der Waals surface area contributed by atoms with Crippen LogP contribution in [0.15, 0.2) is 36.5 Å². The zero-order valence-corrected chi connectivity index (χ0v) is 15.5. The van der Waals surface area contributed by atoms with E-state index >= 15 is 0 Å². The van der Waals surface area contributed by atoms with Crippen LogP contribution < -0.4 is 10.6 Å². The highest BCUT2D eigenvalue weighted by atomic mass is 35.5. The van der Waals surface area contributed by atoms with Gasteiger partial charge in [0.1, 0.15) is 11.2 Å². The van der Waals surface area contributed by atoms with Gasteiger partial charge in [0, 0.05) is 5.56 Å². The number of aromatic nitrogens is 1. The van der Waals surface area contributed by atoms with Gasteiger partial charge in [0.05, 0.1) is 11.9 Å². The number of hydrogen-bond donors (Lipinski definition) is 2. The van der Waals surface area contributed by atoms with Crippen LogP contribution in [0.2, 0.25) is 5.15 Å². The Bertz CT molecular complexity index is 773. The van der Waals surface area contributed by atoms with Crippen molar-refractivity contribution in [2.45, 2.75) is 33.7 Å². The fourth-order valence-corrected chi connectivity index (χ4v) is 2.41. The normalized spacial score (nSPS) is 11.9. The van der Waals surface area contributed by atoms with E-state index in [-0.39, 0.29) is 17.7 Å². The smallest absolute Gasteiger partial charge is 0.251 e. The SMILES string of the molecule is Cc1ccc(C(=O)NC(C(=O)Nc2cnc(Cl)c(C)c2)C(C)C)cc1. The van der Waals surface area contributed by atoms with E-state index in [9.17, 15) is 9.59 Å². The maximum Gasteiger partial charge on any atom is 0.251 e. The van der Waals surface area contributed by atoms with E-state index in [1.165, 1.54) is 6.20 Å². The number of aryl methyl sites for hydroxylation is 2. The maximum atomic E-state index is 12.6. The van der Waals surface area contributed by atoms with Crippen molar-refractivity contribution in [2.75, 3.05) is 5.32 Å². The Morgan fingerprint density at radius 2 is 1.76 bits per heavy atom. The highest BCUT2D eigenvalue weighted by Gasteiger charge is 2.25. The van der Waals surface area contributed by atoms with Crippen molar-refractivity contribution in [3.63, 3.8) is 0 Å². The fourth-order valence-electron chi connectivity index (χ4n) is 2.31. The van der Waals surface area contributed by atoms with Crippen molar-refractivity contribution in [3.05, 3.63) is 58.4 Å². The molecule has 0 aliphatic heterocycles. The average molecular weight is 360 g/mol. The summed E-state index contributed by atoms with van der Waals surface area (Å²) in [5, 5.41) is 5.98. The van der Waals surface area contributed by atoms with Crippen molar-refractivity contribution in [3.8, 4) is 0 Å². The molecule has 2 N–H and O–H groups in total. The quantitative estimate of drug-likeness (QED) is 0.799. The van der Waals surface area contributed by atoms with Crippen molar-refractivity contribution in [1.29, 1.82) is 0 Å². The molecule has 2 amide bonds. The van der Waals surface area contributed by atoms with E-state index in [0.29, 0.717) is 16.4 Å². The topological polar surface area (TPSA) is 71.1 Å². The number of benzene rings is 1. The molecule has 1 atom stereocenters. The third-order valence-electron chi connectivity index (χ3n) is 3.83. The Morgan fingerprint density at radius 1 is 1.12 bits per heavy atom. The second-order valence-corrected chi connectivity index (χ2v) is 6.74.